The van der Waals surface area contributed by atoms with E-state index in [-0.39, 0.29) is 10.9 Å². The first-order valence-electron chi connectivity index (χ1n) is 6.94. The van der Waals surface area contributed by atoms with Crippen LogP contribution >= 0.6 is 0 Å². The van der Waals surface area contributed by atoms with E-state index in [1.807, 2.05) is 6.07 Å². The maximum absolute atomic E-state index is 11.4. The van der Waals surface area contributed by atoms with Gasteiger partial charge >= 0.3 is 0 Å². The Morgan fingerprint density at radius 2 is 2.30 bits per heavy atom. The zero-order chi connectivity index (χ0) is 14.6. The van der Waals surface area contributed by atoms with E-state index in [4.69, 9.17) is 9.88 Å². The molecule has 20 heavy (non-hydrogen) atoms. The van der Waals surface area contributed by atoms with Gasteiger partial charge in [-0.15, -0.1) is 0 Å². The summed E-state index contributed by atoms with van der Waals surface area (Å²) in [7, 11) is -3.65. The average molecular weight is 298 g/mol. The number of nitrogens with one attached hydrogen (secondary N) is 1. The van der Waals surface area contributed by atoms with Crippen LogP contribution in [0.15, 0.2) is 29.2 Å². The maximum atomic E-state index is 11.4. The van der Waals surface area contributed by atoms with Crippen LogP contribution in [0.3, 0.4) is 0 Å². The summed E-state index contributed by atoms with van der Waals surface area (Å²) in [6.07, 6.45) is 1.97. The average Bonchev–Trinajstić information content (AvgIpc) is 2.92. The molecule has 1 aromatic rings. The highest BCUT2D eigenvalue weighted by Gasteiger charge is 2.18. The van der Waals surface area contributed by atoms with Crippen molar-refractivity contribution in [3.63, 3.8) is 0 Å². The third kappa shape index (κ3) is 4.02. The number of primary sulfonamides is 1. The lowest BCUT2D eigenvalue weighted by Gasteiger charge is -2.20. The Hall–Kier alpha value is -0.950. The SMILES string of the molecule is CC[C@H](NC[C@@H]1CCOC1)c1cccc(S(N)(=O)=O)c1. The Morgan fingerprint density at radius 3 is 2.90 bits per heavy atom. The molecule has 3 N–H and O–H groups in total. The predicted octanol–water partition coefficient (Wildman–Crippen LogP) is 1.41. The van der Waals surface area contributed by atoms with Gasteiger partial charge in [0.25, 0.3) is 0 Å². The maximum Gasteiger partial charge on any atom is 0.238 e. The molecule has 0 saturated carbocycles. The number of ether oxygens (including phenoxy) is 1. The second-order valence-corrected chi connectivity index (χ2v) is 6.78. The predicted molar refractivity (Wildman–Crippen MR) is 77.8 cm³/mol. The lowest BCUT2D eigenvalue weighted by atomic mass is 10.0. The van der Waals surface area contributed by atoms with E-state index in [9.17, 15) is 8.42 Å². The number of hydrogen-bond acceptors (Lipinski definition) is 4. The van der Waals surface area contributed by atoms with Gasteiger partial charge in [0.05, 0.1) is 11.5 Å². The van der Waals surface area contributed by atoms with Crippen molar-refractivity contribution >= 4 is 10.0 Å². The van der Waals surface area contributed by atoms with Crippen LogP contribution in [0, 0.1) is 5.92 Å². The van der Waals surface area contributed by atoms with Crippen LogP contribution in [-0.2, 0) is 14.8 Å². The second kappa shape index (κ2) is 6.67. The second-order valence-electron chi connectivity index (χ2n) is 5.22. The third-order valence-corrected chi connectivity index (χ3v) is 4.59. The van der Waals surface area contributed by atoms with Gasteiger partial charge in [-0.05, 0) is 36.5 Å². The van der Waals surface area contributed by atoms with Crippen molar-refractivity contribution in [3.05, 3.63) is 29.8 Å². The van der Waals surface area contributed by atoms with Gasteiger partial charge in [0.15, 0.2) is 0 Å². The van der Waals surface area contributed by atoms with Crippen molar-refractivity contribution in [2.45, 2.75) is 30.7 Å². The molecule has 0 spiro atoms. The first-order chi connectivity index (χ1) is 9.50. The Labute approximate surface area is 120 Å². The Morgan fingerprint density at radius 1 is 1.50 bits per heavy atom. The number of hydrogen-bond donors (Lipinski definition) is 2. The molecule has 112 valence electrons. The van der Waals surface area contributed by atoms with Gasteiger partial charge in [-0.1, -0.05) is 19.1 Å². The fourth-order valence-electron chi connectivity index (χ4n) is 2.46. The highest BCUT2D eigenvalue weighted by Crippen LogP contribution is 2.21. The summed E-state index contributed by atoms with van der Waals surface area (Å²) in [6.45, 7) is 4.61. The van der Waals surface area contributed by atoms with Crippen LogP contribution in [0.4, 0.5) is 0 Å². The summed E-state index contributed by atoms with van der Waals surface area (Å²) in [4.78, 5) is 0.166. The van der Waals surface area contributed by atoms with E-state index in [0.29, 0.717) is 5.92 Å². The molecule has 5 nitrogen and oxygen atoms in total. The van der Waals surface area contributed by atoms with Crippen LogP contribution in [-0.4, -0.2) is 28.2 Å². The molecule has 0 radical (unpaired) electrons. The lowest BCUT2D eigenvalue weighted by Crippen LogP contribution is -2.27. The van der Waals surface area contributed by atoms with Crippen LogP contribution in [0.25, 0.3) is 0 Å². The fourth-order valence-corrected chi connectivity index (χ4v) is 3.03. The highest BCUT2D eigenvalue weighted by atomic mass is 32.2. The minimum absolute atomic E-state index is 0.136. The van der Waals surface area contributed by atoms with E-state index >= 15 is 0 Å². The van der Waals surface area contributed by atoms with E-state index < -0.39 is 10.0 Å². The standard InChI is InChI=1S/C14H22N2O3S/c1-2-14(16-9-11-6-7-19-10-11)12-4-3-5-13(8-12)20(15,17)18/h3-5,8,11,14,16H,2,6-7,9-10H2,1H3,(H2,15,17,18)/t11-,14-/m0/s1. The Bertz CT molecular complexity index is 539. The van der Waals surface area contributed by atoms with Gasteiger partial charge in [-0.2, -0.15) is 0 Å². The zero-order valence-electron chi connectivity index (χ0n) is 11.7. The molecular formula is C14H22N2O3S. The molecule has 0 aromatic heterocycles. The molecule has 1 saturated heterocycles. The Kier molecular flexibility index (Phi) is 5.15. The fraction of sp³-hybridized carbons (Fsp3) is 0.571. The highest BCUT2D eigenvalue weighted by molar-refractivity contribution is 7.89. The molecule has 0 bridgehead atoms. The van der Waals surface area contributed by atoms with Crippen molar-refractivity contribution < 1.29 is 13.2 Å². The summed E-state index contributed by atoms with van der Waals surface area (Å²) < 4.78 is 28.2. The minimum atomic E-state index is -3.65. The summed E-state index contributed by atoms with van der Waals surface area (Å²) in [5.74, 6) is 0.547. The molecule has 2 atom stereocenters. The van der Waals surface area contributed by atoms with Gasteiger partial charge in [0.1, 0.15) is 0 Å². The molecule has 6 heteroatoms. The van der Waals surface area contributed by atoms with Crippen molar-refractivity contribution in [1.82, 2.24) is 5.32 Å². The minimum Gasteiger partial charge on any atom is -0.381 e. The monoisotopic (exact) mass is 298 g/mol. The van der Waals surface area contributed by atoms with Gasteiger partial charge in [-0.25, -0.2) is 13.6 Å². The van der Waals surface area contributed by atoms with E-state index in [1.165, 1.54) is 6.07 Å². The number of rotatable bonds is 6. The summed E-state index contributed by atoms with van der Waals surface area (Å²) in [6, 6.07) is 6.98. The van der Waals surface area contributed by atoms with Crippen LogP contribution in [0.1, 0.15) is 31.4 Å². The van der Waals surface area contributed by atoms with E-state index in [2.05, 4.69) is 12.2 Å². The van der Waals surface area contributed by atoms with Crippen molar-refractivity contribution in [1.29, 1.82) is 0 Å². The van der Waals surface area contributed by atoms with Crippen molar-refractivity contribution in [3.8, 4) is 0 Å². The normalized spacial score (nSPS) is 21.0. The number of nitrogens with two attached hydrogens (primary N) is 1. The molecule has 1 aliphatic heterocycles. The first-order valence-corrected chi connectivity index (χ1v) is 8.49. The summed E-state index contributed by atoms with van der Waals surface area (Å²) in [5, 5.41) is 8.67. The lowest BCUT2D eigenvalue weighted by molar-refractivity contribution is 0.184. The Balaban J connectivity index is 2.06. The molecule has 0 unspecified atom stereocenters. The van der Waals surface area contributed by atoms with E-state index in [0.717, 1.165) is 38.2 Å². The van der Waals surface area contributed by atoms with E-state index in [1.54, 1.807) is 12.1 Å². The largest absolute Gasteiger partial charge is 0.381 e. The van der Waals surface area contributed by atoms with Gasteiger partial charge < -0.3 is 10.1 Å². The molecule has 0 amide bonds. The molecule has 2 rings (SSSR count). The van der Waals surface area contributed by atoms with Crippen LogP contribution in [0.2, 0.25) is 0 Å². The van der Waals surface area contributed by atoms with Crippen molar-refractivity contribution in [2.24, 2.45) is 11.1 Å². The molecule has 1 aliphatic rings. The summed E-state index contributed by atoms with van der Waals surface area (Å²) >= 11 is 0. The van der Waals surface area contributed by atoms with Gasteiger partial charge in [0.2, 0.25) is 10.0 Å². The third-order valence-electron chi connectivity index (χ3n) is 3.67. The quantitative estimate of drug-likeness (QED) is 0.832. The molecule has 0 aliphatic carbocycles. The van der Waals surface area contributed by atoms with Crippen LogP contribution in [0.5, 0.6) is 0 Å². The molecule has 1 heterocycles. The van der Waals surface area contributed by atoms with Gasteiger partial charge in [-0.3, -0.25) is 0 Å². The number of sulfonamides is 1. The summed E-state index contributed by atoms with van der Waals surface area (Å²) in [5.41, 5.74) is 0.956. The topological polar surface area (TPSA) is 81.4 Å². The molecular weight excluding hydrogens is 276 g/mol. The zero-order valence-corrected chi connectivity index (χ0v) is 12.5. The van der Waals surface area contributed by atoms with Crippen LogP contribution < -0.4 is 10.5 Å². The first kappa shape index (κ1) is 15.4. The molecule has 1 aromatic carbocycles. The van der Waals surface area contributed by atoms with Crippen molar-refractivity contribution in [2.75, 3.05) is 19.8 Å². The van der Waals surface area contributed by atoms with Gasteiger partial charge in [0, 0.05) is 19.2 Å². The molecule has 1 fully saturated rings. The number of benzene rings is 1. The smallest absolute Gasteiger partial charge is 0.238 e.